The molecule has 0 aromatic heterocycles. The van der Waals surface area contributed by atoms with Crippen LogP contribution in [0.5, 0.6) is 0 Å². The Morgan fingerprint density at radius 1 is 1.42 bits per heavy atom. The SMILES string of the molecule is [B]CC(=O)Nc1ccc(Cl)cc1. The van der Waals surface area contributed by atoms with Gasteiger partial charge in [0, 0.05) is 10.7 Å². The summed E-state index contributed by atoms with van der Waals surface area (Å²) in [6, 6.07) is 6.84. The molecule has 0 saturated carbocycles. The van der Waals surface area contributed by atoms with E-state index in [1.165, 1.54) is 0 Å². The van der Waals surface area contributed by atoms with Crippen molar-refractivity contribution in [3.63, 3.8) is 0 Å². The summed E-state index contributed by atoms with van der Waals surface area (Å²) in [5.74, 6) is -0.211. The first-order chi connectivity index (χ1) is 5.72. The number of anilines is 1. The molecule has 1 rings (SSSR count). The summed E-state index contributed by atoms with van der Waals surface area (Å²) in [4.78, 5) is 10.8. The smallest absolute Gasteiger partial charge is 0.215 e. The Hall–Kier alpha value is -0.955. The van der Waals surface area contributed by atoms with E-state index in [9.17, 15) is 4.79 Å². The maximum Gasteiger partial charge on any atom is 0.215 e. The zero-order valence-corrected chi connectivity index (χ0v) is 7.14. The van der Waals surface area contributed by atoms with Gasteiger partial charge < -0.3 is 5.32 Å². The number of benzene rings is 1. The van der Waals surface area contributed by atoms with Gasteiger partial charge in [-0.05, 0) is 30.6 Å². The molecule has 60 valence electrons. The molecule has 0 spiro atoms. The minimum absolute atomic E-state index is 0.0113. The molecule has 4 heteroatoms. The minimum Gasteiger partial charge on any atom is -0.327 e. The average molecular weight is 179 g/mol. The van der Waals surface area contributed by atoms with Gasteiger partial charge in [0.15, 0.2) is 0 Å². The van der Waals surface area contributed by atoms with Crippen molar-refractivity contribution in [3.8, 4) is 0 Å². The highest BCUT2D eigenvalue weighted by molar-refractivity contribution is 6.30. The van der Waals surface area contributed by atoms with Crippen molar-refractivity contribution < 1.29 is 4.79 Å². The molecule has 2 nitrogen and oxygen atoms in total. The summed E-state index contributed by atoms with van der Waals surface area (Å²) in [6.45, 7) is 0. The first-order valence-corrected chi connectivity index (χ1v) is 3.85. The Morgan fingerprint density at radius 3 is 2.50 bits per heavy atom. The van der Waals surface area contributed by atoms with Gasteiger partial charge in [-0.2, -0.15) is 0 Å². The fourth-order valence-electron chi connectivity index (χ4n) is 0.745. The summed E-state index contributed by atoms with van der Waals surface area (Å²) in [6.07, 6.45) is -0.0113. The molecule has 2 radical (unpaired) electrons. The van der Waals surface area contributed by atoms with Gasteiger partial charge in [-0.3, -0.25) is 4.79 Å². The molecule has 1 amide bonds. The van der Waals surface area contributed by atoms with E-state index in [2.05, 4.69) is 5.32 Å². The zero-order valence-electron chi connectivity index (χ0n) is 6.38. The topological polar surface area (TPSA) is 29.1 Å². The second kappa shape index (κ2) is 4.17. The Kier molecular flexibility index (Phi) is 3.17. The van der Waals surface area contributed by atoms with Crippen molar-refractivity contribution in [2.45, 2.75) is 6.32 Å². The Balaban J connectivity index is 2.64. The average Bonchev–Trinajstić information content (AvgIpc) is 2.09. The maximum absolute atomic E-state index is 10.8. The van der Waals surface area contributed by atoms with Gasteiger partial charge in [0.05, 0.1) is 7.85 Å². The number of carbonyl (C=O) groups excluding carboxylic acids is 1. The van der Waals surface area contributed by atoms with Crippen LogP contribution in [-0.2, 0) is 4.79 Å². The molecule has 0 atom stereocenters. The monoisotopic (exact) mass is 179 g/mol. The quantitative estimate of drug-likeness (QED) is 0.690. The van der Waals surface area contributed by atoms with Crippen LogP contribution < -0.4 is 5.32 Å². The normalized spacial score (nSPS) is 9.42. The van der Waals surface area contributed by atoms with Crippen LogP contribution in [0.15, 0.2) is 24.3 Å². The number of halogens is 1. The maximum atomic E-state index is 10.8. The lowest BCUT2D eigenvalue weighted by Crippen LogP contribution is -2.09. The molecule has 1 aromatic rings. The van der Waals surface area contributed by atoms with E-state index in [4.69, 9.17) is 19.4 Å². The first kappa shape index (κ1) is 9.14. The fourth-order valence-corrected chi connectivity index (χ4v) is 0.871. The molecule has 0 aliphatic carbocycles. The Morgan fingerprint density at radius 2 is 2.00 bits per heavy atom. The molecule has 0 heterocycles. The first-order valence-electron chi connectivity index (χ1n) is 3.48. The molecule has 1 aromatic carbocycles. The van der Waals surface area contributed by atoms with Crippen LogP contribution in [0.1, 0.15) is 0 Å². The lowest BCUT2D eigenvalue weighted by atomic mass is 10.1. The van der Waals surface area contributed by atoms with Crippen molar-refractivity contribution in [2.75, 3.05) is 5.32 Å². The van der Waals surface area contributed by atoms with E-state index in [0.29, 0.717) is 10.7 Å². The van der Waals surface area contributed by atoms with Crippen LogP contribution in [0.2, 0.25) is 11.3 Å². The van der Waals surface area contributed by atoms with Crippen molar-refractivity contribution in [1.29, 1.82) is 0 Å². The Bertz CT molecular complexity index is 273. The van der Waals surface area contributed by atoms with Gasteiger partial charge in [0.2, 0.25) is 5.91 Å². The summed E-state index contributed by atoms with van der Waals surface area (Å²) < 4.78 is 0. The van der Waals surface area contributed by atoms with Crippen LogP contribution in [0.25, 0.3) is 0 Å². The fraction of sp³-hybridized carbons (Fsp3) is 0.125. The molecule has 0 aliphatic heterocycles. The number of nitrogens with one attached hydrogen (secondary N) is 1. The van der Waals surface area contributed by atoms with Crippen molar-refractivity contribution in [2.24, 2.45) is 0 Å². The number of hydrogen-bond donors (Lipinski definition) is 1. The van der Waals surface area contributed by atoms with E-state index in [-0.39, 0.29) is 12.2 Å². The van der Waals surface area contributed by atoms with Crippen molar-refractivity contribution >= 4 is 31.0 Å². The molecule has 0 saturated heterocycles. The third kappa shape index (κ3) is 2.59. The largest absolute Gasteiger partial charge is 0.327 e. The second-order valence-corrected chi connectivity index (χ2v) is 2.70. The summed E-state index contributed by atoms with van der Waals surface area (Å²) in [5, 5.41) is 3.24. The third-order valence-corrected chi connectivity index (χ3v) is 1.57. The van der Waals surface area contributed by atoms with Gasteiger partial charge in [0.1, 0.15) is 0 Å². The van der Waals surface area contributed by atoms with E-state index in [0.717, 1.165) is 0 Å². The third-order valence-electron chi connectivity index (χ3n) is 1.31. The summed E-state index contributed by atoms with van der Waals surface area (Å²) >= 11 is 5.64. The standard InChI is InChI=1S/C8H7BClNO/c9-5-8(12)11-7-3-1-6(10)2-4-7/h1-4H,5H2,(H,11,12). The summed E-state index contributed by atoms with van der Waals surface area (Å²) in [5.41, 5.74) is 0.704. The zero-order chi connectivity index (χ0) is 8.97. The van der Waals surface area contributed by atoms with Gasteiger partial charge in [-0.25, -0.2) is 0 Å². The molecule has 0 unspecified atom stereocenters. The summed E-state index contributed by atoms with van der Waals surface area (Å²) in [7, 11) is 5.11. The van der Waals surface area contributed by atoms with Crippen LogP contribution >= 0.6 is 11.6 Å². The number of carbonyl (C=O) groups is 1. The molecular weight excluding hydrogens is 172 g/mol. The van der Waals surface area contributed by atoms with Crippen LogP contribution in [-0.4, -0.2) is 13.8 Å². The van der Waals surface area contributed by atoms with Crippen LogP contribution in [0.3, 0.4) is 0 Å². The lowest BCUT2D eigenvalue weighted by molar-refractivity contribution is -0.114. The van der Waals surface area contributed by atoms with E-state index in [1.54, 1.807) is 24.3 Å². The van der Waals surface area contributed by atoms with Crippen LogP contribution in [0, 0.1) is 0 Å². The van der Waals surface area contributed by atoms with Gasteiger partial charge in [-0.1, -0.05) is 11.6 Å². The Labute approximate surface area is 77.3 Å². The second-order valence-electron chi connectivity index (χ2n) is 2.26. The molecule has 1 N–H and O–H groups in total. The van der Waals surface area contributed by atoms with Gasteiger partial charge in [-0.15, -0.1) is 0 Å². The van der Waals surface area contributed by atoms with E-state index >= 15 is 0 Å². The van der Waals surface area contributed by atoms with E-state index in [1.807, 2.05) is 0 Å². The van der Waals surface area contributed by atoms with Crippen molar-refractivity contribution in [1.82, 2.24) is 0 Å². The highest BCUT2D eigenvalue weighted by atomic mass is 35.5. The minimum atomic E-state index is -0.211. The number of amides is 1. The predicted molar refractivity (Wildman–Crippen MR) is 50.6 cm³/mol. The molecule has 0 aliphatic rings. The highest BCUT2D eigenvalue weighted by Crippen LogP contribution is 2.13. The van der Waals surface area contributed by atoms with Gasteiger partial charge in [0.25, 0.3) is 0 Å². The molecule has 0 fully saturated rings. The van der Waals surface area contributed by atoms with E-state index < -0.39 is 0 Å². The van der Waals surface area contributed by atoms with Crippen molar-refractivity contribution in [3.05, 3.63) is 29.3 Å². The molecular formula is C8H7BClNO. The molecule has 12 heavy (non-hydrogen) atoms. The lowest BCUT2D eigenvalue weighted by Gasteiger charge is -2.02. The van der Waals surface area contributed by atoms with Crippen LogP contribution in [0.4, 0.5) is 5.69 Å². The highest BCUT2D eigenvalue weighted by Gasteiger charge is 1.96. The molecule has 0 bridgehead atoms. The number of rotatable bonds is 2. The van der Waals surface area contributed by atoms with Gasteiger partial charge >= 0.3 is 0 Å². The predicted octanol–water partition coefficient (Wildman–Crippen LogP) is 1.87. The number of hydrogen-bond acceptors (Lipinski definition) is 1.